The fourth-order valence-electron chi connectivity index (χ4n) is 4.05. The number of nitrogens with one attached hydrogen (secondary N) is 6. The maximum atomic E-state index is 13.2. The first kappa shape index (κ1) is 40.6. The van der Waals surface area contributed by atoms with E-state index in [1.165, 1.54) is 30.3 Å². The third-order valence-electron chi connectivity index (χ3n) is 6.76. The molecule has 2 aromatic carbocycles. The van der Waals surface area contributed by atoms with Crippen molar-refractivity contribution in [3.8, 4) is 0 Å². The van der Waals surface area contributed by atoms with Gasteiger partial charge in [-0.1, -0.05) is 36.5 Å². The zero-order valence-electron chi connectivity index (χ0n) is 28.7. The topological polar surface area (TPSA) is 181 Å². The molecule has 0 atom stereocenters. The summed E-state index contributed by atoms with van der Waals surface area (Å²) in [6.07, 6.45) is 2.10. The van der Waals surface area contributed by atoms with Gasteiger partial charge in [0.2, 0.25) is 11.9 Å². The van der Waals surface area contributed by atoms with Crippen LogP contribution in [0.1, 0.15) is 31.2 Å². The second-order valence-corrected chi connectivity index (χ2v) is 12.0. The van der Waals surface area contributed by atoms with Crippen LogP contribution >= 0.6 is 23.2 Å². The molecular weight excluding hydrogens is 706 g/mol. The SMILES string of the molecule is CB(O)N(C)CCNc1cc(C)nc(NC(=O)Nc2ccc(F)c(Cl)c2)n1.CCCCNc1cc(C)nc(NC(=O)Nc2ccc(F)c(Cl)c2)n1. The lowest BCUT2D eigenvalue weighted by atomic mass is 9.86. The molecule has 272 valence electrons. The van der Waals surface area contributed by atoms with Crippen LogP contribution < -0.4 is 31.9 Å². The van der Waals surface area contributed by atoms with E-state index in [0.29, 0.717) is 41.8 Å². The van der Waals surface area contributed by atoms with Crippen molar-refractivity contribution >= 4 is 77.2 Å². The van der Waals surface area contributed by atoms with Gasteiger partial charge in [0.1, 0.15) is 23.3 Å². The highest BCUT2D eigenvalue weighted by molar-refractivity contribution is 6.45. The molecule has 2 aromatic heterocycles. The summed E-state index contributed by atoms with van der Waals surface area (Å²) in [7, 11) is 1.26. The number of hydrogen-bond acceptors (Lipinski definition) is 10. The molecule has 19 heteroatoms. The summed E-state index contributed by atoms with van der Waals surface area (Å²) >= 11 is 11.4. The molecule has 0 radical (unpaired) electrons. The first-order valence-corrected chi connectivity index (χ1v) is 16.6. The molecule has 4 rings (SSSR count). The lowest BCUT2D eigenvalue weighted by Gasteiger charge is -2.17. The van der Waals surface area contributed by atoms with Gasteiger partial charge in [0, 0.05) is 54.5 Å². The van der Waals surface area contributed by atoms with Crippen molar-refractivity contribution in [2.24, 2.45) is 0 Å². The van der Waals surface area contributed by atoms with E-state index in [1.54, 1.807) is 37.7 Å². The number of nitrogens with zero attached hydrogens (tertiary/aromatic N) is 5. The molecule has 4 aromatic rings. The molecular formula is C32H40BCl2F2N11O3. The van der Waals surface area contributed by atoms with E-state index in [-0.39, 0.29) is 21.9 Å². The van der Waals surface area contributed by atoms with Gasteiger partial charge in [-0.05, 0) is 70.5 Å². The Labute approximate surface area is 305 Å². The Balaban J connectivity index is 0.000000277. The number of rotatable bonds is 13. The average Bonchev–Trinajstić information content (AvgIpc) is 3.04. The van der Waals surface area contributed by atoms with Gasteiger partial charge in [0.25, 0.3) is 0 Å². The van der Waals surface area contributed by atoms with Crippen molar-refractivity contribution in [2.75, 3.05) is 58.6 Å². The summed E-state index contributed by atoms with van der Waals surface area (Å²) in [6, 6.07) is 10.2. The third kappa shape index (κ3) is 14.5. The maximum Gasteiger partial charge on any atom is 0.376 e. The van der Waals surface area contributed by atoms with Crippen LogP contribution in [-0.4, -0.2) is 75.6 Å². The lowest BCUT2D eigenvalue weighted by molar-refractivity contribution is 0.261. The predicted molar refractivity (Wildman–Crippen MR) is 200 cm³/mol. The minimum Gasteiger partial charge on any atom is -0.437 e. The van der Waals surface area contributed by atoms with Crippen molar-refractivity contribution in [3.63, 3.8) is 0 Å². The van der Waals surface area contributed by atoms with E-state index in [1.807, 2.05) is 6.92 Å². The molecule has 0 unspecified atom stereocenters. The zero-order valence-corrected chi connectivity index (χ0v) is 30.3. The number of urea groups is 2. The monoisotopic (exact) mass is 745 g/mol. The van der Waals surface area contributed by atoms with Gasteiger partial charge in [-0.3, -0.25) is 10.6 Å². The number of likely N-dealkylation sites (N-methyl/N-ethyl adjacent to an activating group) is 1. The molecule has 51 heavy (non-hydrogen) atoms. The van der Waals surface area contributed by atoms with Crippen molar-refractivity contribution in [1.29, 1.82) is 0 Å². The fraction of sp³-hybridized carbons (Fsp3) is 0.312. The molecule has 7 N–H and O–H groups in total. The van der Waals surface area contributed by atoms with E-state index < -0.39 is 30.7 Å². The van der Waals surface area contributed by atoms with Crippen LogP contribution in [0.25, 0.3) is 0 Å². The average molecular weight is 746 g/mol. The van der Waals surface area contributed by atoms with Crippen LogP contribution in [0, 0.1) is 25.5 Å². The van der Waals surface area contributed by atoms with Gasteiger partial charge in [0.15, 0.2) is 0 Å². The fourth-order valence-corrected chi connectivity index (χ4v) is 4.41. The van der Waals surface area contributed by atoms with Gasteiger partial charge >= 0.3 is 19.1 Å². The molecule has 0 spiro atoms. The molecule has 0 aliphatic heterocycles. The van der Waals surface area contributed by atoms with E-state index >= 15 is 0 Å². The third-order valence-corrected chi connectivity index (χ3v) is 7.34. The Morgan fingerprint density at radius 3 is 1.63 bits per heavy atom. The van der Waals surface area contributed by atoms with Crippen molar-refractivity contribution in [3.05, 3.63) is 81.6 Å². The minimum absolute atomic E-state index is 0.0676. The highest BCUT2D eigenvalue weighted by atomic mass is 35.5. The normalized spacial score (nSPS) is 10.5. The Hall–Kier alpha value is -4.84. The second-order valence-electron chi connectivity index (χ2n) is 11.2. The van der Waals surface area contributed by atoms with Crippen LogP contribution in [0.3, 0.4) is 0 Å². The van der Waals surface area contributed by atoms with E-state index in [2.05, 4.69) is 58.8 Å². The Bertz CT molecular complexity index is 1790. The molecule has 0 fully saturated rings. The molecule has 4 amide bonds. The van der Waals surface area contributed by atoms with Crippen LogP contribution in [0.15, 0.2) is 48.5 Å². The summed E-state index contributed by atoms with van der Waals surface area (Å²) in [6.45, 7) is 9.34. The number of halogens is 4. The molecule has 14 nitrogen and oxygen atoms in total. The number of hydrogen-bond donors (Lipinski definition) is 7. The van der Waals surface area contributed by atoms with Crippen LogP contribution in [-0.2, 0) is 0 Å². The molecule has 0 saturated heterocycles. The Morgan fingerprint density at radius 1 is 0.765 bits per heavy atom. The predicted octanol–water partition coefficient (Wildman–Crippen LogP) is 7.11. The van der Waals surface area contributed by atoms with Gasteiger partial charge in [0.05, 0.1) is 10.0 Å². The smallest absolute Gasteiger partial charge is 0.376 e. The number of anilines is 6. The summed E-state index contributed by atoms with van der Waals surface area (Å²) in [5.74, 6) is 0.374. The number of aromatic nitrogens is 4. The van der Waals surface area contributed by atoms with Crippen LogP contribution in [0.5, 0.6) is 0 Å². The van der Waals surface area contributed by atoms with Crippen LogP contribution in [0.2, 0.25) is 16.9 Å². The van der Waals surface area contributed by atoms with Crippen molar-refractivity contribution in [1.82, 2.24) is 24.7 Å². The summed E-state index contributed by atoms with van der Waals surface area (Å²) < 4.78 is 26.3. The minimum atomic E-state index is -0.580. The molecule has 0 saturated carbocycles. The van der Waals surface area contributed by atoms with Gasteiger partial charge < -0.3 is 31.1 Å². The first-order chi connectivity index (χ1) is 24.2. The van der Waals surface area contributed by atoms with E-state index in [9.17, 15) is 23.4 Å². The number of carbonyl (C=O) groups is 2. The molecule has 0 aliphatic rings. The van der Waals surface area contributed by atoms with Gasteiger partial charge in [-0.15, -0.1) is 0 Å². The Morgan fingerprint density at radius 2 is 1.22 bits per heavy atom. The Kier molecular flexibility index (Phi) is 16.0. The molecule has 0 bridgehead atoms. The maximum absolute atomic E-state index is 13.2. The number of aryl methyl sites for hydroxylation is 2. The number of amides is 4. The van der Waals surface area contributed by atoms with Gasteiger partial charge in [-0.2, -0.15) is 9.97 Å². The highest BCUT2D eigenvalue weighted by Gasteiger charge is 2.12. The number of benzene rings is 2. The quantitative estimate of drug-likeness (QED) is 0.0550. The van der Waals surface area contributed by atoms with Gasteiger partial charge in [-0.25, -0.2) is 28.3 Å². The van der Waals surface area contributed by atoms with E-state index in [0.717, 1.165) is 31.1 Å². The molecule has 2 heterocycles. The van der Waals surface area contributed by atoms with Crippen molar-refractivity contribution < 1.29 is 23.4 Å². The second kappa shape index (κ2) is 20.1. The largest absolute Gasteiger partial charge is 0.437 e. The van der Waals surface area contributed by atoms with Crippen molar-refractivity contribution in [2.45, 2.75) is 40.4 Å². The lowest BCUT2D eigenvalue weighted by Crippen LogP contribution is -2.36. The van der Waals surface area contributed by atoms with E-state index in [4.69, 9.17) is 23.2 Å². The number of unbranched alkanes of at least 4 members (excludes halogenated alkanes) is 1. The first-order valence-electron chi connectivity index (χ1n) is 15.9. The highest BCUT2D eigenvalue weighted by Crippen LogP contribution is 2.21. The zero-order chi connectivity index (χ0) is 37.5. The summed E-state index contributed by atoms with van der Waals surface area (Å²) in [5, 5.41) is 25.7. The summed E-state index contributed by atoms with van der Waals surface area (Å²) in [5.41, 5.74) is 2.10. The number of carbonyl (C=O) groups excluding carboxylic acids is 2. The molecule has 0 aliphatic carbocycles. The summed E-state index contributed by atoms with van der Waals surface area (Å²) in [4.78, 5) is 42.6. The van der Waals surface area contributed by atoms with Crippen LogP contribution in [0.4, 0.5) is 53.3 Å². The standard InChI is InChI=1S/C16H21BClFN6O2.C16H19ClFN5O/c1-10-8-14(20-6-7-25(3)17(2)27)23-15(21-10)24-16(26)22-11-4-5-13(19)12(18)9-11;1-3-4-7-19-14-8-10(2)20-15(22-14)23-16(24)21-11-5-6-13(18)12(17)9-11/h4-5,8-9,27H,6-7H2,1-3H3,(H3,20,21,22,23,24,26);5-6,8-9H,3-4,7H2,1-2H3,(H3,19,20,21,22,23,24).